The van der Waals surface area contributed by atoms with Gasteiger partial charge in [-0.3, -0.25) is 4.90 Å². The molecule has 2 rings (SSSR count). The molecule has 2 heterocycles. The first-order valence-electron chi connectivity index (χ1n) is 5.96. The van der Waals surface area contributed by atoms with E-state index in [1.54, 1.807) is 0 Å². The van der Waals surface area contributed by atoms with Gasteiger partial charge in [0.1, 0.15) is 10.8 Å². The van der Waals surface area contributed by atoms with E-state index in [0.29, 0.717) is 11.9 Å². The number of nitrogens with two attached hydrogens (primary N) is 1. The zero-order valence-corrected chi connectivity index (χ0v) is 10.6. The maximum atomic E-state index is 5.58. The maximum Gasteiger partial charge on any atom is 0.139 e. The third kappa shape index (κ3) is 3.09. The van der Waals surface area contributed by atoms with Crippen LogP contribution in [0.3, 0.4) is 0 Å². The summed E-state index contributed by atoms with van der Waals surface area (Å²) in [6.07, 6.45) is 4.08. The fourth-order valence-electron chi connectivity index (χ4n) is 2.11. The maximum absolute atomic E-state index is 5.58. The fraction of sp³-hybridized carbons (Fsp3) is 0.727. The molecule has 5 heteroatoms. The van der Waals surface area contributed by atoms with E-state index in [1.807, 2.05) is 6.07 Å². The molecule has 1 saturated heterocycles. The summed E-state index contributed by atoms with van der Waals surface area (Å²) in [6, 6.07) is 2.48. The summed E-state index contributed by atoms with van der Waals surface area (Å²) < 4.78 is 4.05. The molecule has 1 atom stereocenters. The number of nitrogen functional groups attached to an aromatic ring is 1. The highest BCUT2D eigenvalue weighted by Gasteiger charge is 2.16. The lowest BCUT2D eigenvalue weighted by Crippen LogP contribution is -2.41. The van der Waals surface area contributed by atoms with Crippen LogP contribution in [0.5, 0.6) is 0 Å². The molecule has 1 fully saturated rings. The second kappa shape index (κ2) is 5.50. The molecular weight excluding hydrogens is 220 g/mol. The Hall–Kier alpha value is -0.810. The number of hydrogen-bond acceptors (Lipinski definition) is 5. The van der Waals surface area contributed by atoms with E-state index in [0.717, 1.165) is 11.5 Å². The zero-order chi connectivity index (χ0) is 11.4. The summed E-state index contributed by atoms with van der Waals surface area (Å²) in [5.74, 6) is 0.609. The van der Waals surface area contributed by atoms with E-state index in [9.17, 15) is 0 Å². The lowest BCUT2D eigenvalue weighted by atomic mass is 10.1. The predicted octanol–water partition coefficient (Wildman–Crippen LogP) is 2.01. The number of anilines is 2. The molecule has 0 saturated carbocycles. The Balaban J connectivity index is 1.76. The minimum Gasteiger partial charge on any atom is -0.383 e. The van der Waals surface area contributed by atoms with Crippen molar-refractivity contribution in [2.75, 3.05) is 30.7 Å². The Kier molecular flexibility index (Phi) is 4.01. The van der Waals surface area contributed by atoms with Crippen molar-refractivity contribution in [2.24, 2.45) is 0 Å². The largest absolute Gasteiger partial charge is 0.383 e. The molecule has 0 bridgehead atoms. The normalized spacial score (nSPS) is 19.6. The van der Waals surface area contributed by atoms with E-state index in [4.69, 9.17) is 5.73 Å². The van der Waals surface area contributed by atoms with Gasteiger partial charge < -0.3 is 11.1 Å². The molecule has 4 nitrogen and oxygen atoms in total. The van der Waals surface area contributed by atoms with Gasteiger partial charge in [0.25, 0.3) is 0 Å². The summed E-state index contributed by atoms with van der Waals surface area (Å²) in [4.78, 5) is 2.56. The highest BCUT2D eigenvalue weighted by Crippen LogP contribution is 2.18. The van der Waals surface area contributed by atoms with Crippen LogP contribution < -0.4 is 11.1 Å². The molecule has 1 aliphatic heterocycles. The Morgan fingerprint density at radius 1 is 1.50 bits per heavy atom. The van der Waals surface area contributed by atoms with Gasteiger partial charge in [-0.15, -0.1) is 0 Å². The van der Waals surface area contributed by atoms with E-state index >= 15 is 0 Å². The van der Waals surface area contributed by atoms with Crippen LogP contribution in [0.4, 0.5) is 10.8 Å². The van der Waals surface area contributed by atoms with Crippen LogP contribution in [0.1, 0.15) is 26.2 Å². The topological polar surface area (TPSA) is 54.2 Å². The van der Waals surface area contributed by atoms with Crippen molar-refractivity contribution in [2.45, 2.75) is 32.2 Å². The third-order valence-corrected chi connectivity index (χ3v) is 3.88. The van der Waals surface area contributed by atoms with Gasteiger partial charge in [-0.1, -0.05) is 6.42 Å². The smallest absolute Gasteiger partial charge is 0.139 e. The first-order chi connectivity index (χ1) is 7.75. The average molecular weight is 240 g/mol. The number of nitrogens with one attached hydrogen (secondary N) is 1. The van der Waals surface area contributed by atoms with Crippen LogP contribution in [0.25, 0.3) is 0 Å². The van der Waals surface area contributed by atoms with E-state index in [-0.39, 0.29) is 0 Å². The highest BCUT2D eigenvalue weighted by molar-refractivity contribution is 7.10. The molecule has 1 aliphatic rings. The van der Waals surface area contributed by atoms with Crippen molar-refractivity contribution >= 4 is 22.4 Å². The zero-order valence-electron chi connectivity index (χ0n) is 9.78. The standard InChI is InChI=1S/C11H20N4S/c1-9(15-5-3-2-4-6-15)8-13-11-7-10(12)14-16-11/h7,9,13H,2-6,8H2,1H3,(H2,12,14). The summed E-state index contributed by atoms with van der Waals surface area (Å²) in [5.41, 5.74) is 5.58. The highest BCUT2D eigenvalue weighted by atomic mass is 32.1. The third-order valence-electron chi connectivity index (χ3n) is 3.11. The van der Waals surface area contributed by atoms with Crippen molar-refractivity contribution < 1.29 is 0 Å². The first-order valence-corrected chi connectivity index (χ1v) is 6.73. The Morgan fingerprint density at radius 3 is 2.88 bits per heavy atom. The quantitative estimate of drug-likeness (QED) is 0.845. The Morgan fingerprint density at radius 2 is 2.25 bits per heavy atom. The summed E-state index contributed by atoms with van der Waals surface area (Å²) in [6.45, 7) is 5.74. The lowest BCUT2D eigenvalue weighted by molar-refractivity contribution is 0.181. The van der Waals surface area contributed by atoms with Crippen LogP contribution in [0, 0.1) is 0 Å². The van der Waals surface area contributed by atoms with Crippen molar-refractivity contribution in [3.63, 3.8) is 0 Å². The molecule has 1 aromatic heterocycles. The molecule has 1 unspecified atom stereocenters. The number of aromatic nitrogens is 1. The van der Waals surface area contributed by atoms with Crippen molar-refractivity contribution in [1.29, 1.82) is 0 Å². The van der Waals surface area contributed by atoms with Gasteiger partial charge in [-0.25, -0.2) is 0 Å². The van der Waals surface area contributed by atoms with Crippen LogP contribution in [-0.4, -0.2) is 34.9 Å². The van der Waals surface area contributed by atoms with Crippen LogP contribution in [0.2, 0.25) is 0 Å². The average Bonchev–Trinajstić information content (AvgIpc) is 2.73. The van der Waals surface area contributed by atoms with Gasteiger partial charge in [0.15, 0.2) is 0 Å². The van der Waals surface area contributed by atoms with Crippen LogP contribution in [-0.2, 0) is 0 Å². The molecular formula is C11H20N4S. The van der Waals surface area contributed by atoms with Gasteiger partial charge in [0.2, 0.25) is 0 Å². The molecule has 0 radical (unpaired) electrons. The van der Waals surface area contributed by atoms with E-state index in [1.165, 1.54) is 43.9 Å². The predicted molar refractivity (Wildman–Crippen MR) is 69.9 cm³/mol. The molecule has 90 valence electrons. The van der Waals surface area contributed by atoms with Crippen LogP contribution >= 0.6 is 11.5 Å². The minimum absolute atomic E-state index is 0.587. The van der Waals surface area contributed by atoms with Gasteiger partial charge in [-0.2, -0.15) is 4.37 Å². The van der Waals surface area contributed by atoms with E-state index in [2.05, 4.69) is 21.5 Å². The second-order valence-corrected chi connectivity index (χ2v) is 5.25. The summed E-state index contributed by atoms with van der Waals surface area (Å²) in [5, 5.41) is 4.47. The number of piperidine rings is 1. The fourth-order valence-corrected chi connectivity index (χ4v) is 2.69. The van der Waals surface area contributed by atoms with Gasteiger partial charge in [-0.05, 0) is 44.4 Å². The second-order valence-electron chi connectivity index (χ2n) is 4.44. The monoisotopic (exact) mass is 240 g/mol. The molecule has 0 amide bonds. The SMILES string of the molecule is CC(CNc1cc(N)ns1)N1CCCCC1. The first kappa shape index (κ1) is 11.7. The summed E-state index contributed by atoms with van der Waals surface area (Å²) >= 11 is 1.43. The van der Waals surface area contributed by atoms with Crippen molar-refractivity contribution in [3.8, 4) is 0 Å². The molecule has 0 spiro atoms. The Labute approximate surface area is 101 Å². The van der Waals surface area contributed by atoms with Gasteiger partial charge >= 0.3 is 0 Å². The number of hydrogen-bond donors (Lipinski definition) is 2. The molecule has 3 N–H and O–H groups in total. The molecule has 1 aromatic rings. The molecule has 0 aromatic carbocycles. The minimum atomic E-state index is 0.587. The van der Waals surface area contributed by atoms with Gasteiger partial charge in [0.05, 0.1) is 0 Å². The summed E-state index contributed by atoms with van der Waals surface area (Å²) in [7, 11) is 0. The van der Waals surface area contributed by atoms with Crippen molar-refractivity contribution in [3.05, 3.63) is 6.07 Å². The molecule has 0 aliphatic carbocycles. The van der Waals surface area contributed by atoms with Crippen molar-refractivity contribution in [1.82, 2.24) is 9.27 Å². The molecule has 16 heavy (non-hydrogen) atoms. The number of nitrogens with zero attached hydrogens (tertiary/aromatic N) is 2. The van der Waals surface area contributed by atoms with E-state index < -0.39 is 0 Å². The number of rotatable bonds is 4. The van der Waals surface area contributed by atoms with Gasteiger partial charge in [0, 0.05) is 18.7 Å². The Bertz CT molecular complexity index is 320. The number of likely N-dealkylation sites (tertiary alicyclic amines) is 1. The lowest BCUT2D eigenvalue weighted by Gasteiger charge is -2.32. The van der Waals surface area contributed by atoms with Crippen LogP contribution in [0.15, 0.2) is 6.07 Å².